The lowest BCUT2D eigenvalue weighted by atomic mass is 9.84. The summed E-state index contributed by atoms with van der Waals surface area (Å²) < 4.78 is 6.36. The quantitative estimate of drug-likeness (QED) is 0.0178. The van der Waals surface area contributed by atoms with Crippen LogP contribution in [0, 0.1) is 5.21 Å². The fourth-order valence-electron chi connectivity index (χ4n) is 6.96. The molecule has 1 aromatic carbocycles. The highest BCUT2D eigenvalue weighted by Gasteiger charge is 2.58. The first-order valence-electron chi connectivity index (χ1n) is 20.9. The molecular formula is C40H64N12O11. The van der Waals surface area contributed by atoms with Crippen molar-refractivity contribution in [2.24, 2.45) is 27.9 Å². The number of carbonyl (C=O) groups is 7. The van der Waals surface area contributed by atoms with Crippen LogP contribution in [-0.4, -0.2) is 146 Å². The van der Waals surface area contributed by atoms with E-state index in [2.05, 4.69) is 26.3 Å². The van der Waals surface area contributed by atoms with Crippen LogP contribution < -0.4 is 48.9 Å². The van der Waals surface area contributed by atoms with Gasteiger partial charge in [-0.1, -0.05) is 0 Å². The summed E-state index contributed by atoms with van der Waals surface area (Å²) >= 11 is 0. The maximum absolute atomic E-state index is 14.1. The van der Waals surface area contributed by atoms with E-state index in [1.165, 1.54) is 36.1 Å². The molecule has 1 aromatic rings. The molecule has 23 nitrogen and oxygen atoms in total. The van der Waals surface area contributed by atoms with E-state index in [4.69, 9.17) is 27.7 Å². The molecule has 0 bridgehead atoms. The second-order valence-electron chi connectivity index (χ2n) is 16.6. The van der Waals surface area contributed by atoms with Crippen molar-refractivity contribution in [2.45, 2.75) is 134 Å². The van der Waals surface area contributed by atoms with Crippen LogP contribution >= 0.6 is 0 Å². The van der Waals surface area contributed by atoms with Gasteiger partial charge in [0.2, 0.25) is 29.5 Å². The van der Waals surface area contributed by atoms with Crippen LogP contribution in [0.5, 0.6) is 5.75 Å². The molecule has 23 heteroatoms. The first-order valence-corrected chi connectivity index (χ1v) is 20.9. The Morgan fingerprint density at radius 3 is 2.11 bits per heavy atom. The van der Waals surface area contributed by atoms with Gasteiger partial charge in [0.05, 0.1) is 5.56 Å². The molecule has 0 aromatic heterocycles. The van der Waals surface area contributed by atoms with Crippen molar-refractivity contribution in [1.82, 2.24) is 31.2 Å². The molecule has 5 atom stereocenters. The first kappa shape index (κ1) is 51.1. The number of unbranched alkanes of at least 4 members (excludes halogenated alkanes) is 1. The molecule has 1 saturated heterocycles. The second kappa shape index (κ2) is 22.7. The van der Waals surface area contributed by atoms with Crippen LogP contribution in [0.2, 0.25) is 0 Å². The zero-order valence-corrected chi connectivity index (χ0v) is 36.6. The van der Waals surface area contributed by atoms with Crippen molar-refractivity contribution in [1.29, 1.82) is 0 Å². The lowest BCUT2D eigenvalue weighted by Gasteiger charge is -2.33. The Hall–Kier alpha value is -6.23. The van der Waals surface area contributed by atoms with E-state index >= 15 is 0 Å². The number of amides is 6. The van der Waals surface area contributed by atoms with E-state index in [1.807, 2.05) is 0 Å². The number of nitrogens with two attached hydrogens (primary N) is 4. The highest BCUT2D eigenvalue weighted by atomic mass is 16.5. The number of likely N-dealkylation sites (tertiary alicyclic amines) is 1. The zero-order chi connectivity index (χ0) is 47.2. The Morgan fingerprint density at radius 2 is 1.54 bits per heavy atom. The second-order valence-corrected chi connectivity index (χ2v) is 16.6. The van der Waals surface area contributed by atoms with Gasteiger partial charge >= 0.3 is 11.8 Å². The van der Waals surface area contributed by atoms with E-state index in [9.17, 15) is 49.1 Å². The van der Waals surface area contributed by atoms with Gasteiger partial charge in [-0.15, -0.1) is 5.06 Å². The molecule has 0 spiro atoms. The minimum atomic E-state index is -1.37. The number of carboxylic acids is 1. The standard InChI is InChI=1S/C40H64N12O11/c1-23(32(55)49-28(37(59)60)10-6-7-19-41)46-34(57)29-12-9-21-50(29)36(58)27(11-8-20-45-38(43)44)48-33(56)26(17-18-30(42)53)47-31(54)22-63-25-15-13-24(14-16-25)35-51(61)39(2,3)40(4,5)52(35)62/h13-16,23,26-29,61H,6-12,17-22,41H2,1-5H3,(H2,42,53)(H,46,57)(H,47,54)(H,48,56)(H,49,55)(H,59,60)(H4,43,44,45)/t23-,26-,27-,28-,29-/m0/s1. The van der Waals surface area contributed by atoms with Crippen molar-refractivity contribution in [2.75, 3.05) is 26.2 Å². The van der Waals surface area contributed by atoms with Gasteiger partial charge in [0.25, 0.3) is 5.91 Å². The number of amidine groups is 1. The number of rotatable bonds is 24. The van der Waals surface area contributed by atoms with E-state index < -0.39 is 89.3 Å². The van der Waals surface area contributed by atoms with Gasteiger partial charge in [-0.3, -0.25) is 38.5 Å². The van der Waals surface area contributed by atoms with Crippen LogP contribution in [0.4, 0.5) is 0 Å². The summed E-state index contributed by atoms with van der Waals surface area (Å²) in [5.41, 5.74) is 20.3. The summed E-state index contributed by atoms with van der Waals surface area (Å²) in [6, 6.07) is 0.0430. The van der Waals surface area contributed by atoms with Crippen LogP contribution in [0.1, 0.15) is 98.0 Å². The Labute approximate surface area is 365 Å². The molecule has 63 heavy (non-hydrogen) atoms. The van der Waals surface area contributed by atoms with E-state index in [0.717, 1.165) is 9.80 Å². The third-order valence-electron chi connectivity index (χ3n) is 11.5. The van der Waals surface area contributed by atoms with E-state index in [-0.39, 0.29) is 69.2 Å². The molecule has 2 heterocycles. The molecule has 6 amide bonds. The topological polar surface area (TPSA) is 366 Å². The molecule has 1 fully saturated rings. The van der Waals surface area contributed by atoms with Gasteiger partial charge in [0.1, 0.15) is 41.5 Å². The maximum atomic E-state index is 14.1. The van der Waals surface area contributed by atoms with Gasteiger partial charge in [0.15, 0.2) is 18.1 Å². The number of benzene rings is 1. The average molecular weight is 889 g/mol. The highest BCUT2D eigenvalue weighted by molar-refractivity contribution is 5.97. The monoisotopic (exact) mass is 888 g/mol. The average Bonchev–Trinajstić information content (AvgIpc) is 3.76. The van der Waals surface area contributed by atoms with Crippen LogP contribution in [0.15, 0.2) is 29.3 Å². The number of hydrogen-bond donors (Lipinski definition) is 10. The largest absolute Gasteiger partial charge is 0.714 e. The number of primary amides is 1. The summed E-state index contributed by atoms with van der Waals surface area (Å²) in [7, 11) is 0. The summed E-state index contributed by atoms with van der Waals surface area (Å²) in [5, 5.41) is 44.5. The van der Waals surface area contributed by atoms with Crippen molar-refractivity contribution < 1.29 is 53.4 Å². The lowest BCUT2D eigenvalue weighted by molar-refractivity contribution is -0.539. The normalized spacial score (nSPS) is 18.4. The van der Waals surface area contributed by atoms with Crippen molar-refractivity contribution in [3.8, 4) is 5.75 Å². The number of carbonyl (C=O) groups excluding carboxylic acids is 6. The molecule has 0 aliphatic carbocycles. The SMILES string of the molecule is C[C@H](NC(=O)[C@@H]1CCCN1C(=O)[C@H](CCCN=C(N)N)NC(=O)[C@H](CCC(N)=O)NC(=O)COc1ccc(C2=[N+]([O-])C(C)(C)C(C)(C)N2O)cc1)C(=O)N[C@@H](CCCCN)C(=O)O. The summed E-state index contributed by atoms with van der Waals surface area (Å²) in [5.74, 6) is -5.59. The summed E-state index contributed by atoms with van der Waals surface area (Å²) in [6.07, 6.45) is 1.46. The number of aliphatic carboxylic acids is 1. The molecular weight excluding hydrogens is 825 g/mol. The van der Waals surface area contributed by atoms with Gasteiger partial charge in [-0.25, -0.2) is 10.0 Å². The number of ether oxygens (including phenoxy) is 1. The number of aliphatic imine (C=N–C) groups is 1. The Kier molecular flexibility index (Phi) is 18.5. The Balaban J connectivity index is 1.72. The van der Waals surface area contributed by atoms with Crippen LogP contribution in [-0.2, 0) is 33.6 Å². The number of nitrogens with one attached hydrogen (secondary N) is 4. The molecule has 3 rings (SSSR count). The molecule has 0 saturated carbocycles. The third kappa shape index (κ3) is 13.6. The van der Waals surface area contributed by atoms with Gasteiger partial charge in [-0.05, 0) is 117 Å². The summed E-state index contributed by atoms with van der Waals surface area (Å²) in [6.45, 7) is 8.27. The molecule has 14 N–H and O–H groups in total. The minimum Gasteiger partial charge on any atom is -0.714 e. The predicted octanol–water partition coefficient (Wildman–Crippen LogP) is -1.93. The lowest BCUT2D eigenvalue weighted by Crippen LogP contribution is -2.58. The van der Waals surface area contributed by atoms with E-state index in [0.29, 0.717) is 31.4 Å². The van der Waals surface area contributed by atoms with Crippen LogP contribution in [0.3, 0.4) is 0 Å². The van der Waals surface area contributed by atoms with Gasteiger partial charge in [0, 0.05) is 19.5 Å². The zero-order valence-electron chi connectivity index (χ0n) is 36.6. The highest BCUT2D eigenvalue weighted by Crippen LogP contribution is 2.37. The van der Waals surface area contributed by atoms with Crippen molar-refractivity contribution >= 4 is 53.2 Å². The predicted molar refractivity (Wildman–Crippen MR) is 228 cm³/mol. The Morgan fingerprint density at radius 1 is 0.905 bits per heavy atom. The number of carboxylic acid groups (broad SMARTS) is 1. The van der Waals surface area contributed by atoms with Gasteiger partial charge < -0.3 is 64.2 Å². The van der Waals surface area contributed by atoms with E-state index in [1.54, 1.807) is 27.7 Å². The Bertz CT molecular complexity index is 1880. The molecule has 350 valence electrons. The summed E-state index contributed by atoms with van der Waals surface area (Å²) in [4.78, 5) is 96.2. The van der Waals surface area contributed by atoms with Crippen molar-refractivity contribution in [3.05, 3.63) is 35.0 Å². The number of nitrogens with zero attached hydrogens (tertiary/aromatic N) is 4. The van der Waals surface area contributed by atoms with Crippen LogP contribution in [0.25, 0.3) is 0 Å². The number of hydroxylamine groups is 3. The molecule has 0 unspecified atom stereocenters. The van der Waals surface area contributed by atoms with Gasteiger partial charge in [-0.2, -0.15) is 0 Å². The third-order valence-corrected chi connectivity index (χ3v) is 11.5. The first-order chi connectivity index (χ1) is 29.5. The molecule has 2 aliphatic heterocycles. The van der Waals surface area contributed by atoms with Crippen molar-refractivity contribution in [3.63, 3.8) is 0 Å². The number of guanidine groups is 1. The number of hydrogen-bond acceptors (Lipinski definition) is 13. The minimum absolute atomic E-state index is 0.00634. The molecule has 2 aliphatic rings. The smallest absolute Gasteiger partial charge is 0.326 e. The maximum Gasteiger partial charge on any atom is 0.326 e. The fourth-order valence-corrected chi connectivity index (χ4v) is 6.96. The molecule has 0 radical (unpaired) electrons. The fraction of sp³-hybridized carbons (Fsp3) is 0.625.